The summed E-state index contributed by atoms with van der Waals surface area (Å²) in [6, 6.07) is 4.75. The number of benzene rings is 1. The largest absolute Gasteiger partial charge is 0.493 e. The van der Waals surface area contributed by atoms with Crippen molar-refractivity contribution in [3.8, 4) is 29.0 Å². The lowest BCUT2D eigenvalue weighted by molar-refractivity contribution is 0.386. The molecule has 8 heteroatoms. The lowest BCUT2D eigenvalue weighted by Gasteiger charge is -2.13. The summed E-state index contributed by atoms with van der Waals surface area (Å²) in [5, 5.41) is 18.3. The Hall–Kier alpha value is -3.39. The molecule has 1 aromatic heterocycles. The number of aromatic amines is 1. The van der Waals surface area contributed by atoms with Crippen molar-refractivity contribution in [3.63, 3.8) is 0 Å². The molecule has 1 aromatic carbocycles. The molecule has 0 saturated carbocycles. The molecule has 1 heterocycles. The molecule has 0 aliphatic heterocycles. The van der Waals surface area contributed by atoms with Gasteiger partial charge in [0.05, 0.1) is 7.11 Å². The van der Waals surface area contributed by atoms with E-state index in [0.29, 0.717) is 6.07 Å². The topological polar surface area (TPSA) is 116 Å². The Balaban J connectivity index is 3.05. The first-order valence-corrected chi connectivity index (χ1v) is 5.84. The van der Waals surface area contributed by atoms with Crippen LogP contribution in [-0.2, 0) is 0 Å². The molecule has 6 nitrogen and oxygen atoms in total. The van der Waals surface area contributed by atoms with Crippen molar-refractivity contribution < 1.29 is 13.5 Å². The quantitative estimate of drug-likeness (QED) is 0.875. The van der Waals surface area contributed by atoms with Crippen LogP contribution in [0.5, 0.6) is 5.75 Å². The number of anilines is 1. The summed E-state index contributed by atoms with van der Waals surface area (Å²) >= 11 is 0. The van der Waals surface area contributed by atoms with Crippen LogP contribution in [0.15, 0.2) is 16.9 Å². The number of hydrogen-bond acceptors (Lipinski definition) is 5. The van der Waals surface area contributed by atoms with E-state index >= 15 is 0 Å². The van der Waals surface area contributed by atoms with Crippen LogP contribution in [0.25, 0.3) is 11.1 Å². The number of methoxy groups -OCH3 is 1. The predicted octanol–water partition coefficient (Wildman–Crippen LogP) is 1.65. The maximum absolute atomic E-state index is 13.8. The summed E-state index contributed by atoms with van der Waals surface area (Å²) in [6.45, 7) is 0. The van der Waals surface area contributed by atoms with E-state index in [1.54, 1.807) is 12.1 Å². The highest BCUT2D eigenvalue weighted by Gasteiger charge is 2.23. The second kappa shape index (κ2) is 5.54. The molecule has 22 heavy (non-hydrogen) atoms. The second-order valence-corrected chi connectivity index (χ2v) is 4.18. The minimum Gasteiger partial charge on any atom is -0.493 e. The molecule has 0 aliphatic carbocycles. The molecule has 110 valence electrons. The molecule has 0 spiro atoms. The summed E-state index contributed by atoms with van der Waals surface area (Å²) in [6.07, 6.45) is 0. The first-order chi connectivity index (χ1) is 10.4. The number of nitrogens with two attached hydrogens (primary N) is 1. The number of ether oxygens (including phenoxy) is 1. The monoisotopic (exact) mass is 302 g/mol. The molecule has 0 radical (unpaired) electrons. The fraction of sp³-hybridized carbons (Fsp3) is 0.0714. The summed E-state index contributed by atoms with van der Waals surface area (Å²) in [4.78, 5) is 13.9. The molecule has 0 amide bonds. The van der Waals surface area contributed by atoms with Gasteiger partial charge in [-0.15, -0.1) is 0 Å². The van der Waals surface area contributed by atoms with Crippen molar-refractivity contribution in [2.75, 3.05) is 12.8 Å². The maximum Gasteiger partial charge on any atom is 0.268 e. The smallest absolute Gasteiger partial charge is 0.268 e. The zero-order valence-electron chi connectivity index (χ0n) is 11.2. The Kier molecular flexibility index (Phi) is 3.78. The van der Waals surface area contributed by atoms with Gasteiger partial charge in [-0.25, -0.2) is 8.78 Å². The number of nitrogens with one attached hydrogen (secondary N) is 1. The predicted molar refractivity (Wildman–Crippen MR) is 72.8 cm³/mol. The number of nitrogens with zero attached hydrogens (tertiary/aromatic N) is 2. The zero-order chi connectivity index (χ0) is 16.4. The van der Waals surface area contributed by atoms with E-state index in [1.165, 1.54) is 0 Å². The number of hydrogen-bond donors (Lipinski definition) is 2. The van der Waals surface area contributed by atoms with Gasteiger partial charge in [-0.05, 0) is 6.07 Å². The molecule has 0 aliphatic rings. The first-order valence-electron chi connectivity index (χ1n) is 5.84. The molecular weight excluding hydrogens is 294 g/mol. The molecule has 0 fully saturated rings. The summed E-state index contributed by atoms with van der Waals surface area (Å²) in [5.41, 5.74) is 3.38. The fourth-order valence-corrected chi connectivity index (χ4v) is 2.07. The van der Waals surface area contributed by atoms with Crippen molar-refractivity contribution in [3.05, 3.63) is 45.2 Å². The minimum atomic E-state index is -1.04. The normalized spacial score (nSPS) is 9.86. The fourth-order valence-electron chi connectivity index (χ4n) is 2.07. The molecular formula is C14H8F2N4O2. The van der Waals surface area contributed by atoms with Crippen molar-refractivity contribution in [2.24, 2.45) is 0 Å². The number of H-pyrrole nitrogens is 1. The molecule has 0 saturated heterocycles. The third-order valence-corrected chi connectivity index (χ3v) is 2.95. The number of pyridine rings is 1. The first kappa shape index (κ1) is 15.0. The third-order valence-electron chi connectivity index (χ3n) is 2.95. The lowest BCUT2D eigenvalue weighted by atomic mass is 9.95. The van der Waals surface area contributed by atoms with E-state index < -0.39 is 28.5 Å². The van der Waals surface area contributed by atoms with Gasteiger partial charge in [-0.3, -0.25) is 4.79 Å². The second-order valence-electron chi connectivity index (χ2n) is 4.18. The van der Waals surface area contributed by atoms with Crippen LogP contribution >= 0.6 is 0 Å². The highest BCUT2D eigenvalue weighted by Crippen LogP contribution is 2.37. The molecule has 2 aromatic rings. The van der Waals surface area contributed by atoms with Gasteiger partial charge < -0.3 is 15.5 Å². The van der Waals surface area contributed by atoms with Crippen LogP contribution in [0.2, 0.25) is 0 Å². The Morgan fingerprint density at radius 1 is 1.23 bits per heavy atom. The zero-order valence-corrected chi connectivity index (χ0v) is 11.2. The van der Waals surface area contributed by atoms with Gasteiger partial charge in [0.25, 0.3) is 5.56 Å². The Morgan fingerprint density at radius 2 is 1.86 bits per heavy atom. The Morgan fingerprint density at radius 3 is 2.41 bits per heavy atom. The van der Waals surface area contributed by atoms with Crippen LogP contribution in [0, 0.1) is 34.3 Å². The van der Waals surface area contributed by atoms with E-state index in [0.717, 1.165) is 13.2 Å². The maximum atomic E-state index is 13.8. The summed E-state index contributed by atoms with van der Waals surface area (Å²) in [5.74, 6) is -2.71. The van der Waals surface area contributed by atoms with Gasteiger partial charge in [-0.1, -0.05) is 0 Å². The van der Waals surface area contributed by atoms with E-state index in [4.69, 9.17) is 15.7 Å². The molecule has 0 bridgehead atoms. The van der Waals surface area contributed by atoms with E-state index in [-0.39, 0.29) is 22.5 Å². The van der Waals surface area contributed by atoms with Crippen LogP contribution in [0.1, 0.15) is 11.1 Å². The molecule has 3 N–H and O–H groups in total. The SMILES string of the molecule is COc1c(F)cc(F)cc1-c1c(C#N)c(N)[nH]c(=O)c1C#N. The number of nitrogen functional groups attached to an aromatic ring is 1. The van der Waals surface area contributed by atoms with Gasteiger partial charge in [0.2, 0.25) is 0 Å². The van der Waals surface area contributed by atoms with Gasteiger partial charge >= 0.3 is 0 Å². The molecule has 2 rings (SSSR count). The van der Waals surface area contributed by atoms with Crippen LogP contribution in [-0.4, -0.2) is 12.1 Å². The number of aromatic nitrogens is 1. The van der Waals surface area contributed by atoms with Gasteiger partial charge in [-0.2, -0.15) is 10.5 Å². The Bertz CT molecular complexity index is 907. The Labute approximate surface area is 123 Å². The van der Waals surface area contributed by atoms with Crippen LogP contribution in [0.4, 0.5) is 14.6 Å². The van der Waals surface area contributed by atoms with Gasteiger partial charge in [0.15, 0.2) is 11.6 Å². The highest BCUT2D eigenvalue weighted by atomic mass is 19.1. The number of rotatable bonds is 2. The number of nitriles is 2. The average Bonchev–Trinajstić information content (AvgIpc) is 2.45. The standard InChI is InChI=1S/C14H8F2N4O2/c1-22-12-7(2-6(15)3-10(12)16)11-8(4-17)13(19)20-14(21)9(11)5-18/h2-3H,1H3,(H3,19,20,21). The van der Waals surface area contributed by atoms with E-state index in [9.17, 15) is 18.8 Å². The summed E-state index contributed by atoms with van der Waals surface area (Å²) < 4.78 is 32.2. The van der Waals surface area contributed by atoms with Crippen molar-refractivity contribution in [1.29, 1.82) is 10.5 Å². The van der Waals surface area contributed by atoms with E-state index in [1.807, 2.05) is 0 Å². The van der Waals surface area contributed by atoms with Crippen molar-refractivity contribution >= 4 is 5.82 Å². The average molecular weight is 302 g/mol. The highest BCUT2D eigenvalue weighted by molar-refractivity contribution is 5.83. The van der Waals surface area contributed by atoms with E-state index in [2.05, 4.69) is 4.98 Å². The van der Waals surface area contributed by atoms with Gasteiger partial charge in [0, 0.05) is 17.2 Å². The van der Waals surface area contributed by atoms with Crippen molar-refractivity contribution in [2.45, 2.75) is 0 Å². The lowest BCUT2D eigenvalue weighted by Crippen LogP contribution is -2.16. The molecule has 0 unspecified atom stereocenters. The minimum absolute atomic E-state index is 0.245. The number of halogens is 2. The van der Waals surface area contributed by atoms with Gasteiger partial charge in [0.1, 0.15) is 34.9 Å². The van der Waals surface area contributed by atoms with Crippen LogP contribution < -0.4 is 16.0 Å². The van der Waals surface area contributed by atoms with Crippen molar-refractivity contribution in [1.82, 2.24) is 4.98 Å². The van der Waals surface area contributed by atoms with Crippen LogP contribution in [0.3, 0.4) is 0 Å². The molecule has 0 atom stereocenters. The summed E-state index contributed by atoms with van der Waals surface area (Å²) in [7, 11) is 1.13. The third kappa shape index (κ3) is 2.23.